The van der Waals surface area contributed by atoms with Crippen molar-refractivity contribution in [1.29, 1.82) is 0 Å². The van der Waals surface area contributed by atoms with E-state index in [2.05, 4.69) is 65.1 Å². The molecule has 0 saturated heterocycles. The van der Waals surface area contributed by atoms with Crippen molar-refractivity contribution in [2.45, 2.75) is 53.7 Å². The van der Waals surface area contributed by atoms with E-state index in [-0.39, 0.29) is 6.04 Å². The van der Waals surface area contributed by atoms with Gasteiger partial charge in [-0.15, -0.1) is 0 Å². The van der Waals surface area contributed by atoms with Crippen LogP contribution in [0.3, 0.4) is 0 Å². The van der Waals surface area contributed by atoms with Crippen LogP contribution in [0.1, 0.15) is 50.4 Å². The molecule has 1 aromatic rings. The predicted molar refractivity (Wildman–Crippen MR) is 82.6 cm³/mol. The summed E-state index contributed by atoms with van der Waals surface area (Å²) in [5, 5.41) is 3.54. The van der Waals surface area contributed by atoms with Gasteiger partial charge in [-0.3, -0.25) is 0 Å². The van der Waals surface area contributed by atoms with Crippen molar-refractivity contribution in [3.8, 4) is 0 Å². The van der Waals surface area contributed by atoms with Crippen molar-refractivity contribution in [2.24, 2.45) is 5.92 Å². The van der Waals surface area contributed by atoms with Crippen molar-refractivity contribution >= 4 is 0 Å². The zero-order valence-corrected chi connectivity index (χ0v) is 13.3. The standard InChI is InChI=1S/C17H29NO/c1-7-18-17(11-19-15(6)12(2)3)16-10-13(4)8-9-14(16)5/h8-10,12,15,17-18H,7,11H2,1-6H3. The fourth-order valence-corrected chi connectivity index (χ4v) is 2.08. The quantitative estimate of drug-likeness (QED) is 0.802. The molecule has 2 nitrogen and oxygen atoms in total. The normalized spacial score (nSPS) is 14.7. The summed E-state index contributed by atoms with van der Waals surface area (Å²) >= 11 is 0. The molecule has 0 heterocycles. The molecule has 108 valence electrons. The first-order valence-electron chi connectivity index (χ1n) is 7.37. The summed E-state index contributed by atoms with van der Waals surface area (Å²) in [4.78, 5) is 0. The van der Waals surface area contributed by atoms with Crippen LogP contribution >= 0.6 is 0 Å². The summed E-state index contributed by atoms with van der Waals surface area (Å²) in [5.74, 6) is 0.556. The highest BCUT2D eigenvalue weighted by Crippen LogP contribution is 2.21. The molecule has 0 aliphatic rings. The molecule has 0 bridgehead atoms. The Balaban J connectivity index is 2.79. The third-order valence-electron chi connectivity index (χ3n) is 3.73. The summed E-state index contributed by atoms with van der Waals surface area (Å²) in [6.45, 7) is 14.7. The van der Waals surface area contributed by atoms with E-state index in [1.165, 1.54) is 16.7 Å². The summed E-state index contributed by atoms with van der Waals surface area (Å²) in [7, 11) is 0. The van der Waals surface area contributed by atoms with Gasteiger partial charge in [0, 0.05) is 0 Å². The largest absolute Gasteiger partial charge is 0.376 e. The van der Waals surface area contributed by atoms with Crippen LogP contribution in [0, 0.1) is 19.8 Å². The lowest BCUT2D eigenvalue weighted by Crippen LogP contribution is -2.29. The highest BCUT2D eigenvalue weighted by molar-refractivity contribution is 5.33. The Morgan fingerprint density at radius 3 is 2.42 bits per heavy atom. The Morgan fingerprint density at radius 2 is 1.84 bits per heavy atom. The first-order valence-corrected chi connectivity index (χ1v) is 7.37. The van der Waals surface area contributed by atoms with E-state index >= 15 is 0 Å². The number of hydrogen-bond acceptors (Lipinski definition) is 2. The van der Waals surface area contributed by atoms with Gasteiger partial charge >= 0.3 is 0 Å². The summed E-state index contributed by atoms with van der Waals surface area (Å²) < 4.78 is 6.00. The number of benzene rings is 1. The monoisotopic (exact) mass is 263 g/mol. The van der Waals surface area contributed by atoms with Gasteiger partial charge in [0.05, 0.1) is 18.8 Å². The van der Waals surface area contributed by atoms with Gasteiger partial charge in [-0.2, -0.15) is 0 Å². The van der Waals surface area contributed by atoms with E-state index in [0.717, 1.165) is 13.2 Å². The Hall–Kier alpha value is -0.860. The average molecular weight is 263 g/mol. The fourth-order valence-electron chi connectivity index (χ4n) is 2.08. The Bertz CT molecular complexity index is 387. The molecular formula is C17H29NO. The molecule has 1 rings (SSSR count). The van der Waals surface area contributed by atoms with E-state index < -0.39 is 0 Å². The van der Waals surface area contributed by atoms with Gasteiger partial charge in [0.15, 0.2) is 0 Å². The lowest BCUT2D eigenvalue weighted by atomic mass is 9.99. The summed E-state index contributed by atoms with van der Waals surface area (Å²) in [6.07, 6.45) is 0.297. The molecule has 19 heavy (non-hydrogen) atoms. The topological polar surface area (TPSA) is 21.3 Å². The smallest absolute Gasteiger partial charge is 0.0665 e. The highest BCUT2D eigenvalue weighted by Gasteiger charge is 2.16. The maximum absolute atomic E-state index is 6.00. The van der Waals surface area contributed by atoms with Crippen molar-refractivity contribution < 1.29 is 4.74 Å². The van der Waals surface area contributed by atoms with Crippen LogP contribution in [0.15, 0.2) is 18.2 Å². The maximum atomic E-state index is 6.00. The molecule has 0 saturated carbocycles. The van der Waals surface area contributed by atoms with Gasteiger partial charge in [-0.1, -0.05) is 44.5 Å². The van der Waals surface area contributed by atoms with Gasteiger partial charge in [-0.05, 0) is 44.4 Å². The second-order valence-corrected chi connectivity index (χ2v) is 5.75. The SMILES string of the molecule is CCNC(COC(C)C(C)C)c1cc(C)ccc1C. The van der Waals surface area contributed by atoms with E-state index in [1.54, 1.807) is 0 Å². The van der Waals surface area contributed by atoms with Gasteiger partial charge in [-0.25, -0.2) is 0 Å². The number of ether oxygens (including phenoxy) is 1. The molecule has 0 amide bonds. The van der Waals surface area contributed by atoms with Gasteiger partial charge in [0.1, 0.15) is 0 Å². The molecule has 0 aliphatic carbocycles. The fraction of sp³-hybridized carbons (Fsp3) is 0.647. The molecule has 2 atom stereocenters. The number of aryl methyl sites for hydroxylation is 2. The van der Waals surface area contributed by atoms with Crippen LogP contribution in [0.4, 0.5) is 0 Å². The highest BCUT2D eigenvalue weighted by atomic mass is 16.5. The zero-order chi connectivity index (χ0) is 14.4. The van der Waals surface area contributed by atoms with Crippen molar-refractivity contribution in [3.05, 3.63) is 34.9 Å². The van der Waals surface area contributed by atoms with E-state index in [1.807, 2.05) is 0 Å². The molecule has 0 radical (unpaired) electrons. The second kappa shape index (κ2) is 7.66. The minimum Gasteiger partial charge on any atom is -0.376 e. The van der Waals surface area contributed by atoms with E-state index in [0.29, 0.717) is 12.0 Å². The van der Waals surface area contributed by atoms with Crippen LogP contribution in [-0.4, -0.2) is 19.3 Å². The van der Waals surface area contributed by atoms with Crippen LogP contribution < -0.4 is 5.32 Å². The van der Waals surface area contributed by atoms with Crippen LogP contribution in [0.5, 0.6) is 0 Å². The molecule has 2 heteroatoms. The van der Waals surface area contributed by atoms with E-state index in [4.69, 9.17) is 4.74 Å². The first kappa shape index (κ1) is 16.2. The number of likely N-dealkylation sites (N-methyl/N-ethyl adjacent to an activating group) is 1. The van der Waals surface area contributed by atoms with Crippen LogP contribution in [-0.2, 0) is 4.74 Å². The van der Waals surface area contributed by atoms with Crippen molar-refractivity contribution in [2.75, 3.05) is 13.2 Å². The van der Waals surface area contributed by atoms with Crippen molar-refractivity contribution in [1.82, 2.24) is 5.32 Å². The lowest BCUT2D eigenvalue weighted by molar-refractivity contribution is 0.0219. The van der Waals surface area contributed by atoms with Gasteiger partial charge < -0.3 is 10.1 Å². The number of nitrogens with one attached hydrogen (secondary N) is 1. The predicted octanol–water partition coefficient (Wildman–Crippen LogP) is 4.02. The van der Waals surface area contributed by atoms with Crippen LogP contribution in [0.25, 0.3) is 0 Å². The Kier molecular flexibility index (Phi) is 6.53. The molecule has 0 spiro atoms. The first-order chi connectivity index (χ1) is 8.95. The molecule has 1 aromatic carbocycles. The summed E-state index contributed by atoms with van der Waals surface area (Å²) in [5.41, 5.74) is 4.00. The second-order valence-electron chi connectivity index (χ2n) is 5.75. The summed E-state index contributed by atoms with van der Waals surface area (Å²) in [6, 6.07) is 6.91. The average Bonchev–Trinajstić information content (AvgIpc) is 2.37. The molecule has 0 aliphatic heterocycles. The van der Waals surface area contributed by atoms with Crippen molar-refractivity contribution in [3.63, 3.8) is 0 Å². The molecule has 2 unspecified atom stereocenters. The molecule has 0 aromatic heterocycles. The number of rotatable bonds is 7. The van der Waals surface area contributed by atoms with E-state index in [9.17, 15) is 0 Å². The lowest BCUT2D eigenvalue weighted by Gasteiger charge is -2.24. The third kappa shape index (κ3) is 4.96. The van der Waals surface area contributed by atoms with Gasteiger partial charge in [0.25, 0.3) is 0 Å². The maximum Gasteiger partial charge on any atom is 0.0665 e. The Labute approximate surface area is 118 Å². The third-order valence-corrected chi connectivity index (χ3v) is 3.73. The minimum absolute atomic E-state index is 0.283. The molecule has 0 fully saturated rings. The molecular weight excluding hydrogens is 234 g/mol. The number of hydrogen-bond donors (Lipinski definition) is 1. The minimum atomic E-state index is 0.283. The van der Waals surface area contributed by atoms with Crippen LogP contribution in [0.2, 0.25) is 0 Å². The van der Waals surface area contributed by atoms with Gasteiger partial charge in [0.2, 0.25) is 0 Å². The Morgan fingerprint density at radius 1 is 1.16 bits per heavy atom. The molecule has 1 N–H and O–H groups in total. The zero-order valence-electron chi connectivity index (χ0n) is 13.3.